The fourth-order valence-corrected chi connectivity index (χ4v) is 2.93. The monoisotopic (exact) mass is 346 g/mol. The van der Waals surface area contributed by atoms with Crippen molar-refractivity contribution in [3.8, 4) is 0 Å². The normalized spacial score (nSPS) is 11.5. The molecule has 0 atom stereocenters. The predicted octanol–water partition coefficient (Wildman–Crippen LogP) is 2.58. The Labute approximate surface area is 149 Å². The van der Waals surface area contributed by atoms with E-state index in [-0.39, 0.29) is 19.1 Å². The summed E-state index contributed by atoms with van der Waals surface area (Å²) < 4.78 is 1.90. The lowest BCUT2D eigenvalue weighted by Gasteiger charge is -2.27. The third-order valence-electron chi connectivity index (χ3n) is 3.87. The molecule has 6 heteroatoms. The van der Waals surface area contributed by atoms with Crippen molar-refractivity contribution in [3.05, 3.63) is 24.3 Å². The van der Waals surface area contributed by atoms with Gasteiger partial charge in [0.25, 0.3) is 0 Å². The van der Waals surface area contributed by atoms with E-state index in [1.807, 2.05) is 33.7 Å². The molecule has 0 spiro atoms. The molecule has 1 heterocycles. The van der Waals surface area contributed by atoms with Crippen LogP contribution in [0.4, 0.5) is 5.95 Å². The van der Waals surface area contributed by atoms with E-state index < -0.39 is 0 Å². The summed E-state index contributed by atoms with van der Waals surface area (Å²) in [6.07, 6.45) is 0. The zero-order valence-corrected chi connectivity index (χ0v) is 15.7. The maximum Gasteiger partial charge on any atom is 0.242 e. The van der Waals surface area contributed by atoms with E-state index in [2.05, 4.69) is 38.0 Å². The van der Waals surface area contributed by atoms with Crippen molar-refractivity contribution in [1.29, 1.82) is 0 Å². The zero-order chi connectivity index (χ0) is 18.4. The van der Waals surface area contributed by atoms with Crippen LogP contribution in [0.5, 0.6) is 0 Å². The van der Waals surface area contributed by atoms with E-state index in [1.165, 1.54) is 0 Å². The van der Waals surface area contributed by atoms with Crippen molar-refractivity contribution >= 4 is 22.9 Å². The highest BCUT2D eigenvalue weighted by Crippen LogP contribution is 2.20. The van der Waals surface area contributed by atoms with Gasteiger partial charge in [0.05, 0.1) is 17.6 Å². The molecule has 0 aliphatic rings. The van der Waals surface area contributed by atoms with Crippen LogP contribution in [0, 0.1) is 11.8 Å². The predicted molar refractivity (Wildman–Crippen MR) is 102 cm³/mol. The van der Waals surface area contributed by atoms with Gasteiger partial charge < -0.3 is 19.9 Å². The number of hydrogen-bond acceptors (Lipinski definition) is 4. The van der Waals surface area contributed by atoms with Crippen LogP contribution < -0.4 is 5.32 Å². The molecule has 2 N–H and O–H groups in total. The number of fused-ring (bicyclic) bond motifs is 1. The Bertz CT molecular complexity index is 684. The SMILES string of the molecule is CC(C)CN(CC(C)C)C(=O)Cn1c(NCCO)nc2ccccc21. The molecule has 0 fully saturated rings. The highest BCUT2D eigenvalue weighted by molar-refractivity contribution is 5.83. The molecule has 0 aliphatic carbocycles. The molecule has 0 aliphatic heterocycles. The molecule has 0 saturated heterocycles. The number of rotatable bonds is 9. The average molecular weight is 346 g/mol. The molecule has 1 amide bonds. The number of benzene rings is 1. The van der Waals surface area contributed by atoms with Crippen molar-refractivity contribution in [1.82, 2.24) is 14.5 Å². The number of imidazole rings is 1. The third-order valence-corrected chi connectivity index (χ3v) is 3.87. The summed E-state index contributed by atoms with van der Waals surface area (Å²) >= 11 is 0. The molecule has 0 unspecified atom stereocenters. The van der Waals surface area contributed by atoms with Crippen LogP contribution in [0.1, 0.15) is 27.7 Å². The number of hydrogen-bond donors (Lipinski definition) is 2. The summed E-state index contributed by atoms with van der Waals surface area (Å²) in [5.74, 6) is 1.57. The summed E-state index contributed by atoms with van der Waals surface area (Å²) in [5, 5.41) is 12.2. The van der Waals surface area contributed by atoms with Gasteiger partial charge in [-0.25, -0.2) is 4.98 Å². The summed E-state index contributed by atoms with van der Waals surface area (Å²) in [6.45, 7) is 10.7. The summed E-state index contributed by atoms with van der Waals surface area (Å²) in [4.78, 5) is 19.5. The molecule has 138 valence electrons. The van der Waals surface area contributed by atoms with Gasteiger partial charge in [-0.1, -0.05) is 39.8 Å². The number of nitrogens with one attached hydrogen (secondary N) is 1. The molecular formula is C19H30N4O2. The number of aliphatic hydroxyl groups excluding tert-OH is 1. The third kappa shape index (κ3) is 5.19. The van der Waals surface area contributed by atoms with Gasteiger partial charge in [-0.05, 0) is 24.0 Å². The Hall–Kier alpha value is -2.08. The Morgan fingerprint density at radius 3 is 2.44 bits per heavy atom. The maximum absolute atomic E-state index is 13.0. The van der Waals surface area contributed by atoms with Crippen molar-refractivity contribution in [2.24, 2.45) is 11.8 Å². The number of carbonyl (C=O) groups excluding carboxylic acids is 1. The van der Waals surface area contributed by atoms with Gasteiger partial charge in [0.1, 0.15) is 6.54 Å². The first-order chi connectivity index (χ1) is 11.9. The van der Waals surface area contributed by atoms with Gasteiger partial charge in [-0.2, -0.15) is 0 Å². The Morgan fingerprint density at radius 1 is 1.20 bits per heavy atom. The largest absolute Gasteiger partial charge is 0.395 e. The van der Waals surface area contributed by atoms with Crippen molar-refractivity contribution in [2.75, 3.05) is 31.6 Å². The van der Waals surface area contributed by atoms with Crippen LogP contribution in [0.15, 0.2) is 24.3 Å². The fraction of sp³-hybridized carbons (Fsp3) is 0.579. The minimum atomic E-state index is 0.0178. The quantitative estimate of drug-likeness (QED) is 0.732. The Morgan fingerprint density at radius 2 is 1.84 bits per heavy atom. The molecule has 1 aromatic heterocycles. The molecule has 0 saturated carbocycles. The molecule has 0 bridgehead atoms. The number of anilines is 1. The van der Waals surface area contributed by atoms with Crippen molar-refractivity contribution < 1.29 is 9.90 Å². The van der Waals surface area contributed by atoms with Crippen LogP contribution in [-0.2, 0) is 11.3 Å². The number of amides is 1. The summed E-state index contributed by atoms with van der Waals surface area (Å²) in [5.41, 5.74) is 1.76. The smallest absolute Gasteiger partial charge is 0.242 e. The van der Waals surface area contributed by atoms with Gasteiger partial charge >= 0.3 is 0 Å². The molecule has 1 aromatic carbocycles. The lowest BCUT2D eigenvalue weighted by Crippen LogP contribution is -2.39. The standard InChI is InChI=1S/C19H30N4O2/c1-14(2)11-22(12-15(3)4)18(25)13-23-17-8-6-5-7-16(17)21-19(23)20-9-10-24/h5-8,14-15,24H,9-13H2,1-4H3,(H,20,21). The average Bonchev–Trinajstić information content (AvgIpc) is 2.89. The number of carbonyl (C=O) groups is 1. The zero-order valence-electron chi connectivity index (χ0n) is 15.7. The van der Waals surface area contributed by atoms with Crippen LogP contribution in [0.3, 0.4) is 0 Å². The number of aliphatic hydroxyl groups is 1. The molecule has 25 heavy (non-hydrogen) atoms. The van der Waals surface area contributed by atoms with Gasteiger partial charge in [-0.3, -0.25) is 4.79 Å². The molecule has 0 radical (unpaired) electrons. The van der Waals surface area contributed by atoms with Gasteiger partial charge in [0.2, 0.25) is 11.9 Å². The summed E-state index contributed by atoms with van der Waals surface area (Å²) in [6, 6.07) is 7.78. The van der Waals surface area contributed by atoms with Crippen molar-refractivity contribution in [3.63, 3.8) is 0 Å². The number of para-hydroxylation sites is 2. The van der Waals surface area contributed by atoms with Crippen LogP contribution in [-0.4, -0.2) is 51.7 Å². The lowest BCUT2D eigenvalue weighted by atomic mass is 10.1. The van der Waals surface area contributed by atoms with Gasteiger partial charge in [0.15, 0.2) is 0 Å². The second-order valence-corrected chi connectivity index (χ2v) is 7.25. The molecule has 2 rings (SSSR count). The summed E-state index contributed by atoms with van der Waals surface area (Å²) in [7, 11) is 0. The van der Waals surface area contributed by atoms with Gasteiger partial charge in [-0.15, -0.1) is 0 Å². The van der Waals surface area contributed by atoms with E-state index in [0.29, 0.717) is 24.3 Å². The number of aromatic nitrogens is 2. The van der Waals surface area contributed by atoms with E-state index in [0.717, 1.165) is 24.1 Å². The van der Waals surface area contributed by atoms with Crippen LogP contribution in [0.2, 0.25) is 0 Å². The Balaban J connectivity index is 2.28. The topological polar surface area (TPSA) is 70.4 Å². The highest BCUT2D eigenvalue weighted by atomic mass is 16.3. The first-order valence-electron chi connectivity index (χ1n) is 9.00. The first kappa shape index (κ1) is 19.2. The Kier molecular flexibility index (Phi) is 6.82. The number of nitrogens with zero attached hydrogens (tertiary/aromatic N) is 3. The van der Waals surface area contributed by atoms with Crippen LogP contribution >= 0.6 is 0 Å². The second kappa shape index (κ2) is 8.85. The van der Waals surface area contributed by atoms with Crippen LogP contribution in [0.25, 0.3) is 11.0 Å². The highest BCUT2D eigenvalue weighted by Gasteiger charge is 2.19. The van der Waals surface area contributed by atoms with E-state index in [9.17, 15) is 4.79 Å². The first-order valence-corrected chi connectivity index (χ1v) is 9.00. The molecular weight excluding hydrogens is 316 g/mol. The fourth-order valence-electron chi connectivity index (χ4n) is 2.93. The maximum atomic E-state index is 13.0. The minimum absolute atomic E-state index is 0.0178. The van der Waals surface area contributed by atoms with Gasteiger partial charge in [0, 0.05) is 19.6 Å². The molecule has 2 aromatic rings. The van der Waals surface area contributed by atoms with Crippen molar-refractivity contribution in [2.45, 2.75) is 34.2 Å². The van der Waals surface area contributed by atoms with E-state index >= 15 is 0 Å². The van der Waals surface area contributed by atoms with E-state index in [1.54, 1.807) is 0 Å². The second-order valence-electron chi connectivity index (χ2n) is 7.25. The van der Waals surface area contributed by atoms with E-state index in [4.69, 9.17) is 5.11 Å². The lowest BCUT2D eigenvalue weighted by molar-refractivity contribution is -0.132. The molecule has 6 nitrogen and oxygen atoms in total. The minimum Gasteiger partial charge on any atom is -0.395 e.